The molecular weight excluding hydrogens is 266 g/mol. The molecule has 0 bridgehead atoms. The van der Waals surface area contributed by atoms with Gasteiger partial charge in [0.1, 0.15) is 5.75 Å². The lowest BCUT2D eigenvalue weighted by atomic mass is 10.0. The Labute approximate surface area is 104 Å². The molecule has 16 heavy (non-hydrogen) atoms. The van der Waals surface area contributed by atoms with Gasteiger partial charge in [-0.3, -0.25) is 4.57 Å². The van der Waals surface area contributed by atoms with Crippen LogP contribution in [0.3, 0.4) is 0 Å². The molecule has 0 unspecified atom stereocenters. The number of allylic oxidation sites excluding steroid dienone is 1. The topological polar surface area (TPSA) is 26.3 Å². The van der Waals surface area contributed by atoms with E-state index in [4.69, 9.17) is 27.4 Å². The zero-order valence-corrected chi connectivity index (χ0v) is 11.1. The highest BCUT2D eigenvalue weighted by Gasteiger charge is 2.27. The lowest BCUT2D eigenvalue weighted by Gasteiger charge is -2.21. The van der Waals surface area contributed by atoms with E-state index in [1.165, 1.54) is 5.82 Å². The molecule has 1 aromatic rings. The molecule has 0 aliphatic carbocycles. The van der Waals surface area contributed by atoms with E-state index in [1.54, 1.807) is 12.1 Å². The van der Waals surface area contributed by atoms with Gasteiger partial charge in [0.15, 0.2) is 0 Å². The second-order valence-corrected chi connectivity index (χ2v) is 6.99. The van der Waals surface area contributed by atoms with E-state index in [0.717, 1.165) is 24.0 Å². The lowest BCUT2D eigenvalue weighted by Crippen LogP contribution is -1.98. The molecular formula is C11H11Cl2O2P. The van der Waals surface area contributed by atoms with Crippen molar-refractivity contribution in [2.45, 2.75) is 19.8 Å². The summed E-state index contributed by atoms with van der Waals surface area (Å²) in [6.07, 6.45) is 1.77. The second kappa shape index (κ2) is 4.44. The van der Waals surface area contributed by atoms with Crippen LogP contribution in [-0.4, -0.2) is 0 Å². The Balaban J connectivity index is 2.54. The van der Waals surface area contributed by atoms with Gasteiger partial charge in [-0.15, -0.1) is 0 Å². The van der Waals surface area contributed by atoms with Crippen LogP contribution in [-0.2, 0) is 4.57 Å². The minimum atomic E-state index is -3.15. The molecule has 0 radical (unpaired) electrons. The average Bonchev–Trinajstić information content (AvgIpc) is 2.18. The van der Waals surface area contributed by atoms with Gasteiger partial charge in [0.25, 0.3) is 0 Å². The molecule has 2 rings (SSSR count). The van der Waals surface area contributed by atoms with E-state index >= 15 is 0 Å². The van der Waals surface area contributed by atoms with Crippen molar-refractivity contribution in [1.29, 1.82) is 0 Å². The zero-order chi connectivity index (χ0) is 11.8. The lowest BCUT2D eigenvalue weighted by molar-refractivity contribution is 0.504. The molecule has 0 N–H and O–H groups in total. The molecule has 1 aliphatic rings. The number of hydrogen-bond donors (Lipinski definition) is 0. The molecule has 0 spiro atoms. The fraction of sp³-hybridized carbons (Fsp3) is 0.273. The van der Waals surface area contributed by atoms with Crippen LogP contribution in [0.2, 0.25) is 5.02 Å². The first kappa shape index (κ1) is 12.0. The summed E-state index contributed by atoms with van der Waals surface area (Å²) in [5.74, 6) is 2.07. The zero-order valence-electron chi connectivity index (χ0n) is 8.74. The predicted octanol–water partition coefficient (Wildman–Crippen LogP) is 5.31. The summed E-state index contributed by atoms with van der Waals surface area (Å²) < 4.78 is 17.0. The van der Waals surface area contributed by atoms with Gasteiger partial charge in [-0.2, -0.15) is 0 Å². The van der Waals surface area contributed by atoms with E-state index in [0.29, 0.717) is 10.8 Å². The van der Waals surface area contributed by atoms with Crippen LogP contribution >= 0.6 is 29.6 Å². The summed E-state index contributed by atoms with van der Waals surface area (Å²) in [4.78, 5) is 0. The first-order chi connectivity index (χ1) is 7.52. The molecule has 0 fully saturated rings. The Hall–Kier alpha value is -0.430. The van der Waals surface area contributed by atoms with Crippen LogP contribution < -0.4 is 4.52 Å². The smallest absolute Gasteiger partial charge is 0.359 e. The van der Waals surface area contributed by atoms with Crippen molar-refractivity contribution < 1.29 is 9.09 Å². The van der Waals surface area contributed by atoms with E-state index in [1.807, 2.05) is 6.07 Å². The second-order valence-electron chi connectivity index (χ2n) is 3.66. The minimum absolute atomic E-state index is 0.550. The Morgan fingerprint density at radius 1 is 1.44 bits per heavy atom. The third-order valence-corrected chi connectivity index (χ3v) is 4.14. The number of fused-ring (bicyclic) bond motifs is 1. The molecule has 0 saturated carbocycles. The number of hydrogen-bond acceptors (Lipinski definition) is 2. The molecule has 1 atom stereocenters. The third kappa shape index (κ3) is 2.45. The first-order valence-electron chi connectivity index (χ1n) is 5.02. The highest BCUT2D eigenvalue weighted by atomic mass is 35.7. The van der Waals surface area contributed by atoms with E-state index in [2.05, 4.69) is 6.92 Å². The Kier molecular flexibility index (Phi) is 3.34. The van der Waals surface area contributed by atoms with Gasteiger partial charge < -0.3 is 4.52 Å². The van der Waals surface area contributed by atoms with Crippen molar-refractivity contribution in [3.63, 3.8) is 0 Å². The van der Waals surface area contributed by atoms with E-state index in [-0.39, 0.29) is 0 Å². The summed E-state index contributed by atoms with van der Waals surface area (Å²) in [6.45, 7) is -1.10. The van der Waals surface area contributed by atoms with Crippen LogP contribution in [0.1, 0.15) is 25.3 Å². The van der Waals surface area contributed by atoms with Gasteiger partial charge >= 0.3 is 6.72 Å². The van der Waals surface area contributed by atoms with Crippen molar-refractivity contribution in [3.05, 3.63) is 34.6 Å². The van der Waals surface area contributed by atoms with Crippen LogP contribution in [0.15, 0.2) is 24.0 Å². The van der Waals surface area contributed by atoms with Crippen molar-refractivity contribution in [2.24, 2.45) is 0 Å². The highest BCUT2D eigenvalue weighted by Crippen LogP contribution is 2.60. The molecule has 2 nitrogen and oxygen atoms in total. The molecule has 0 aromatic heterocycles. The van der Waals surface area contributed by atoms with Crippen LogP contribution in [0.25, 0.3) is 5.57 Å². The van der Waals surface area contributed by atoms with E-state index < -0.39 is 6.72 Å². The summed E-state index contributed by atoms with van der Waals surface area (Å²) in [5, 5.41) is 0.635. The van der Waals surface area contributed by atoms with Gasteiger partial charge in [0.2, 0.25) is 0 Å². The van der Waals surface area contributed by atoms with Crippen molar-refractivity contribution >= 4 is 35.1 Å². The fourth-order valence-corrected chi connectivity index (χ4v) is 3.59. The predicted molar refractivity (Wildman–Crippen MR) is 68.4 cm³/mol. The molecule has 5 heteroatoms. The summed E-state index contributed by atoms with van der Waals surface area (Å²) in [6, 6.07) is 5.22. The third-order valence-electron chi connectivity index (χ3n) is 2.34. The van der Waals surface area contributed by atoms with Gasteiger partial charge in [0, 0.05) is 16.4 Å². The number of halogens is 2. The van der Waals surface area contributed by atoms with Crippen LogP contribution in [0, 0.1) is 0 Å². The van der Waals surface area contributed by atoms with Gasteiger partial charge in [-0.25, -0.2) is 0 Å². The monoisotopic (exact) mass is 276 g/mol. The molecule has 1 heterocycles. The van der Waals surface area contributed by atoms with Gasteiger partial charge in [0.05, 0.1) is 0 Å². The molecule has 0 saturated heterocycles. The number of rotatable bonds is 2. The standard InChI is InChI=1S/C11H11Cl2O2P/c1-2-3-8-7-16(13,14)15-11-5-4-9(12)6-10(8)11/h4-7H,2-3H2,1H3/t16-/m1/s1. The molecule has 0 amide bonds. The molecule has 1 aromatic carbocycles. The maximum atomic E-state index is 11.8. The van der Waals surface area contributed by atoms with Crippen LogP contribution in [0.4, 0.5) is 0 Å². The van der Waals surface area contributed by atoms with Crippen LogP contribution in [0.5, 0.6) is 5.75 Å². The Bertz CT molecular complexity index is 497. The summed E-state index contributed by atoms with van der Waals surface area (Å²) >= 11 is 11.7. The van der Waals surface area contributed by atoms with Gasteiger partial charge in [-0.05, 0) is 41.4 Å². The van der Waals surface area contributed by atoms with Crippen molar-refractivity contribution in [2.75, 3.05) is 0 Å². The average molecular weight is 277 g/mol. The largest absolute Gasteiger partial charge is 0.429 e. The first-order valence-corrected chi connectivity index (χ1v) is 8.00. The van der Waals surface area contributed by atoms with Gasteiger partial charge in [-0.1, -0.05) is 24.9 Å². The fourth-order valence-electron chi connectivity index (χ4n) is 1.72. The normalized spacial score (nSPS) is 23.3. The summed E-state index contributed by atoms with van der Waals surface area (Å²) in [7, 11) is 0. The summed E-state index contributed by atoms with van der Waals surface area (Å²) in [5.41, 5.74) is 1.84. The number of benzene rings is 1. The minimum Gasteiger partial charge on any atom is -0.429 e. The van der Waals surface area contributed by atoms with Crippen molar-refractivity contribution in [1.82, 2.24) is 0 Å². The molecule has 86 valence electrons. The highest BCUT2D eigenvalue weighted by molar-refractivity contribution is 7.88. The molecule has 1 aliphatic heterocycles. The maximum absolute atomic E-state index is 11.8. The maximum Gasteiger partial charge on any atom is 0.359 e. The Morgan fingerprint density at radius 3 is 2.88 bits per heavy atom. The Morgan fingerprint density at radius 2 is 2.19 bits per heavy atom. The van der Waals surface area contributed by atoms with Crippen molar-refractivity contribution in [3.8, 4) is 5.75 Å². The van der Waals surface area contributed by atoms with E-state index in [9.17, 15) is 4.57 Å². The SMILES string of the molecule is CCCC1=C[P@](=O)(Cl)Oc2ccc(Cl)cc21. The quantitative estimate of drug-likeness (QED) is 0.685.